The van der Waals surface area contributed by atoms with E-state index in [0.29, 0.717) is 13.1 Å². The van der Waals surface area contributed by atoms with E-state index in [4.69, 9.17) is 5.73 Å². The SMILES string of the molecule is NCc1ccc(NC(=O)CN2CCC(O)CC2)cc1. The van der Waals surface area contributed by atoms with Gasteiger partial charge in [-0.05, 0) is 30.5 Å². The molecule has 19 heavy (non-hydrogen) atoms. The van der Waals surface area contributed by atoms with E-state index < -0.39 is 0 Å². The van der Waals surface area contributed by atoms with E-state index in [0.717, 1.165) is 37.2 Å². The van der Waals surface area contributed by atoms with Crippen LogP contribution in [0.25, 0.3) is 0 Å². The van der Waals surface area contributed by atoms with E-state index >= 15 is 0 Å². The van der Waals surface area contributed by atoms with Gasteiger partial charge in [0.2, 0.25) is 5.91 Å². The largest absolute Gasteiger partial charge is 0.393 e. The lowest BCUT2D eigenvalue weighted by Gasteiger charge is -2.28. The van der Waals surface area contributed by atoms with E-state index in [1.165, 1.54) is 0 Å². The van der Waals surface area contributed by atoms with E-state index in [1.54, 1.807) is 0 Å². The Hall–Kier alpha value is -1.43. The van der Waals surface area contributed by atoms with E-state index in [2.05, 4.69) is 10.2 Å². The Morgan fingerprint density at radius 2 is 1.95 bits per heavy atom. The predicted molar refractivity (Wildman–Crippen MR) is 74.6 cm³/mol. The molecule has 0 saturated carbocycles. The standard InChI is InChI=1S/C14H21N3O2/c15-9-11-1-3-12(4-2-11)16-14(19)10-17-7-5-13(18)6-8-17/h1-4,13,18H,5-10,15H2,(H,16,19). The number of rotatable bonds is 4. The van der Waals surface area contributed by atoms with Crippen LogP contribution < -0.4 is 11.1 Å². The first-order chi connectivity index (χ1) is 9.17. The van der Waals surface area contributed by atoms with Crippen LogP contribution >= 0.6 is 0 Å². The fourth-order valence-electron chi connectivity index (χ4n) is 2.21. The van der Waals surface area contributed by atoms with Gasteiger partial charge in [-0.1, -0.05) is 12.1 Å². The minimum absolute atomic E-state index is 0.0168. The fraction of sp³-hybridized carbons (Fsp3) is 0.500. The summed E-state index contributed by atoms with van der Waals surface area (Å²) in [6.45, 7) is 2.44. The number of piperidine rings is 1. The summed E-state index contributed by atoms with van der Waals surface area (Å²) >= 11 is 0. The summed E-state index contributed by atoms with van der Waals surface area (Å²) in [6.07, 6.45) is 1.29. The molecule has 5 nitrogen and oxygen atoms in total. The second-order valence-electron chi connectivity index (χ2n) is 4.96. The van der Waals surface area contributed by atoms with Crippen LogP contribution in [0, 0.1) is 0 Å². The van der Waals surface area contributed by atoms with Crippen molar-refractivity contribution >= 4 is 11.6 Å². The molecule has 0 radical (unpaired) electrons. The highest BCUT2D eigenvalue weighted by Crippen LogP contribution is 2.11. The van der Waals surface area contributed by atoms with E-state index in [9.17, 15) is 9.90 Å². The number of carbonyl (C=O) groups is 1. The number of amides is 1. The Morgan fingerprint density at radius 1 is 1.32 bits per heavy atom. The van der Waals surface area contributed by atoms with Gasteiger partial charge in [-0.2, -0.15) is 0 Å². The second-order valence-corrected chi connectivity index (χ2v) is 4.96. The average molecular weight is 263 g/mol. The molecule has 0 bridgehead atoms. The first kappa shape index (κ1) is 14.0. The van der Waals surface area contributed by atoms with Crippen LogP contribution in [-0.4, -0.2) is 41.7 Å². The van der Waals surface area contributed by atoms with Crippen LogP contribution in [0.15, 0.2) is 24.3 Å². The minimum Gasteiger partial charge on any atom is -0.393 e. The van der Waals surface area contributed by atoms with Crippen LogP contribution in [0.3, 0.4) is 0 Å². The number of aliphatic hydroxyl groups excluding tert-OH is 1. The Kier molecular flexibility index (Phi) is 4.90. The van der Waals surface area contributed by atoms with Gasteiger partial charge in [0.15, 0.2) is 0 Å². The van der Waals surface area contributed by atoms with Crippen molar-refractivity contribution in [2.24, 2.45) is 5.73 Å². The monoisotopic (exact) mass is 263 g/mol. The van der Waals surface area contributed by atoms with Gasteiger partial charge in [0, 0.05) is 25.3 Å². The van der Waals surface area contributed by atoms with Crippen LogP contribution in [-0.2, 0) is 11.3 Å². The molecule has 4 N–H and O–H groups in total. The molecule has 0 aliphatic carbocycles. The summed E-state index contributed by atoms with van der Waals surface area (Å²) < 4.78 is 0. The second kappa shape index (κ2) is 6.65. The van der Waals surface area contributed by atoms with Crippen LogP contribution in [0.2, 0.25) is 0 Å². The predicted octanol–water partition coefficient (Wildman–Crippen LogP) is 0.540. The first-order valence-electron chi connectivity index (χ1n) is 6.66. The van der Waals surface area contributed by atoms with Gasteiger partial charge in [0.25, 0.3) is 0 Å². The van der Waals surface area contributed by atoms with E-state index in [1.807, 2.05) is 24.3 Å². The van der Waals surface area contributed by atoms with Gasteiger partial charge in [-0.15, -0.1) is 0 Å². The molecule has 1 heterocycles. The lowest BCUT2D eigenvalue weighted by atomic mass is 10.1. The first-order valence-corrected chi connectivity index (χ1v) is 6.66. The number of likely N-dealkylation sites (tertiary alicyclic amines) is 1. The van der Waals surface area contributed by atoms with Gasteiger partial charge in [-0.3, -0.25) is 9.69 Å². The molecular formula is C14H21N3O2. The highest BCUT2D eigenvalue weighted by molar-refractivity contribution is 5.92. The summed E-state index contributed by atoms with van der Waals surface area (Å²) in [5.74, 6) is -0.0168. The zero-order chi connectivity index (χ0) is 13.7. The molecule has 1 fully saturated rings. The fourth-order valence-corrected chi connectivity index (χ4v) is 2.21. The summed E-state index contributed by atoms with van der Waals surface area (Å²) in [5, 5.41) is 12.3. The Morgan fingerprint density at radius 3 is 2.53 bits per heavy atom. The molecule has 1 aromatic rings. The van der Waals surface area contributed by atoms with Crippen molar-refractivity contribution in [3.8, 4) is 0 Å². The molecule has 0 unspecified atom stereocenters. The summed E-state index contributed by atoms with van der Waals surface area (Å²) in [4.78, 5) is 13.9. The average Bonchev–Trinajstić information content (AvgIpc) is 2.42. The van der Waals surface area contributed by atoms with Crippen molar-refractivity contribution in [2.75, 3.05) is 25.0 Å². The topological polar surface area (TPSA) is 78.6 Å². The Balaban J connectivity index is 1.80. The number of hydrogen-bond acceptors (Lipinski definition) is 4. The lowest BCUT2D eigenvalue weighted by molar-refractivity contribution is -0.117. The number of nitrogens with zero attached hydrogens (tertiary/aromatic N) is 1. The lowest BCUT2D eigenvalue weighted by Crippen LogP contribution is -2.40. The number of hydrogen-bond donors (Lipinski definition) is 3. The third-order valence-electron chi connectivity index (χ3n) is 3.40. The summed E-state index contributed by atoms with van der Waals surface area (Å²) in [6, 6.07) is 7.54. The molecule has 0 atom stereocenters. The number of nitrogens with two attached hydrogens (primary N) is 1. The Bertz CT molecular complexity index is 411. The van der Waals surface area contributed by atoms with Gasteiger partial charge in [0.05, 0.1) is 12.6 Å². The van der Waals surface area contributed by atoms with Gasteiger partial charge in [-0.25, -0.2) is 0 Å². The maximum absolute atomic E-state index is 11.9. The molecule has 2 rings (SSSR count). The molecule has 5 heteroatoms. The van der Waals surface area contributed by atoms with Crippen LogP contribution in [0.5, 0.6) is 0 Å². The quantitative estimate of drug-likeness (QED) is 0.741. The van der Waals surface area contributed by atoms with Crippen molar-refractivity contribution < 1.29 is 9.90 Å². The van der Waals surface area contributed by atoms with Crippen molar-refractivity contribution in [1.29, 1.82) is 0 Å². The number of aliphatic hydroxyl groups is 1. The van der Waals surface area contributed by atoms with Crippen molar-refractivity contribution in [3.63, 3.8) is 0 Å². The summed E-state index contributed by atoms with van der Waals surface area (Å²) in [5.41, 5.74) is 7.36. The van der Waals surface area contributed by atoms with Gasteiger partial charge in [0.1, 0.15) is 0 Å². The molecule has 104 valence electrons. The molecular weight excluding hydrogens is 242 g/mol. The minimum atomic E-state index is -0.205. The zero-order valence-corrected chi connectivity index (χ0v) is 11.0. The van der Waals surface area contributed by atoms with Crippen LogP contribution in [0.4, 0.5) is 5.69 Å². The number of anilines is 1. The molecule has 0 aromatic heterocycles. The maximum atomic E-state index is 11.9. The van der Waals surface area contributed by atoms with E-state index in [-0.39, 0.29) is 12.0 Å². The molecule has 1 saturated heterocycles. The highest BCUT2D eigenvalue weighted by Gasteiger charge is 2.18. The Labute approximate surface area is 113 Å². The number of carbonyl (C=O) groups excluding carboxylic acids is 1. The van der Waals surface area contributed by atoms with Crippen LogP contribution in [0.1, 0.15) is 18.4 Å². The van der Waals surface area contributed by atoms with Crippen molar-refractivity contribution in [3.05, 3.63) is 29.8 Å². The molecule has 1 aliphatic rings. The maximum Gasteiger partial charge on any atom is 0.238 e. The third-order valence-corrected chi connectivity index (χ3v) is 3.40. The number of nitrogens with one attached hydrogen (secondary N) is 1. The molecule has 1 aromatic carbocycles. The molecule has 1 aliphatic heterocycles. The molecule has 1 amide bonds. The molecule has 0 spiro atoms. The third kappa shape index (κ3) is 4.31. The van der Waals surface area contributed by atoms with Gasteiger partial charge >= 0.3 is 0 Å². The van der Waals surface area contributed by atoms with Crippen molar-refractivity contribution in [2.45, 2.75) is 25.5 Å². The highest BCUT2D eigenvalue weighted by atomic mass is 16.3. The normalized spacial score (nSPS) is 17.4. The van der Waals surface area contributed by atoms with Gasteiger partial charge < -0.3 is 16.2 Å². The van der Waals surface area contributed by atoms with Crippen molar-refractivity contribution in [1.82, 2.24) is 4.90 Å². The summed E-state index contributed by atoms with van der Waals surface area (Å²) in [7, 11) is 0. The smallest absolute Gasteiger partial charge is 0.238 e. The number of benzene rings is 1. The zero-order valence-electron chi connectivity index (χ0n) is 11.0.